The molecule has 3 rings (SSSR count). The van der Waals surface area contributed by atoms with Crippen molar-refractivity contribution in [2.24, 2.45) is 4.99 Å². The fourth-order valence-electron chi connectivity index (χ4n) is 1.99. The number of halogens is 1. The van der Waals surface area contributed by atoms with E-state index in [2.05, 4.69) is 26.6 Å². The molecular formula is C17H12ClN5. The zero-order chi connectivity index (χ0) is 16.1. The highest BCUT2D eigenvalue weighted by molar-refractivity contribution is 6.33. The van der Waals surface area contributed by atoms with E-state index in [0.717, 1.165) is 5.56 Å². The first kappa shape index (κ1) is 14.8. The molecule has 3 aromatic rings. The van der Waals surface area contributed by atoms with E-state index in [1.807, 2.05) is 48.5 Å². The standard InChI is InChI=1S/C17H12ClN5/c18-14-8-4-5-9-15(14)21-17-13(10-19)16(22-23-17)20-11-12-6-2-1-3-7-12/h1-9,11H,(H2,21,22,23)/b20-11+. The lowest BCUT2D eigenvalue weighted by molar-refractivity contribution is 1.09. The van der Waals surface area contributed by atoms with Crippen LogP contribution >= 0.6 is 11.6 Å². The van der Waals surface area contributed by atoms with E-state index >= 15 is 0 Å². The van der Waals surface area contributed by atoms with Crippen LogP contribution in [0.15, 0.2) is 59.6 Å². The number of H-pyrrole nitrogens is 1. The van der Waals surface area contributed by atoms with Crippen LogP contribution in [0.2, 0.25) is 5.02 Å². The SMILES string of the molecule is N#Cc1c(Nc2ccccc2Cl)n[nH]c1/N=C/c1ccccc1. The summed E-state index contributed by atoms with van der Waals surface area (Å²) in [4.78, 5) is 4.29. The number of hydrogen-bond donors (Lipinski definition) is 2. The van der Waals surface area contributed by atoms with Crippen molar-refractivity contribution in [2.45, 2.75) is 0 Å². The van der Waals surface area contributed by atoms with E-state index in [1.54, 1.807) is 12.3 Å². The average Bonchev–Trinajstić information content (AvgIpc) is 2.97. The number of para-hydroxylation sites is 1. The highest BCUT2D eigenvalue weighted by Gasteiger charge is 2.13. The zero-order valence-electron chi connectivity index (χ0n) is 12.0. The van der Waals surface area contributed by atoms with Gasteiger partial charge in [0, 0.05) is 6.21 Å². The summed E-state index contributed by atoms with van der Waals surface area (Å²) in [6.07, 6.45) is 1.67. The number of aromatic nitrogens is 2. The molecule has 0 aliphatic heterocycles. The van der Waals surface area contributed by atoms with Crippen LogP contribution in [0.4, 0.5) is 17.3 Å². The first-order valence-electron chi connectivity index (χ1n) is 6.87. The predicted molar refractivity (Wildman–Crippen MR) is 91.7 cm³/mol. The molecule has 0 aliphatic rings. The Bertz CT molecular complexity index is 877. The maximum absolute atomic E-state index is 9.38. The summed E-state index contributed by atoms with van der Waals surface area (Å²) in [6.45, 7) is 0. The molecule has 1 aromatic heterocycles. The normalized spacial score (nSPS) is 10.6. The molecule has 0 unspecified atom stereocenters. The Balaban J connectivity index is 1.87. The lowest BCUT2D eigenvalue weighted by Crippen LogP contribution is -1.93. The van der Waals surface area contributed by atoms with E-state index in [9.17, 15) is 5.26 Å². The smallest absolute Gasteiger partial charge is 0.172 e. The summed E-state index contributed by atoms with van der Waals surface area (Å²) in [5, 5.41) is 19.8. The van der Waals surface area contributed by atoms with Crippen molar-refractivity contribution < 1.29 is 0 Å². The molecule has 23 heavy (non-hydrogen) atoms. The molecule has 0 saturated heterocycles. The molecule has 0 atom stereocenters. The topological polar surface area (TPSA) is 76.9 Å². The number of nitrogens with one attached hydrogen (secondary N) is 2. The summed E-state index contributed by atoms with van der Waals surface area (Å²) in [6, 6.07) is 19.0. The summed E-state index contributed by atoms with van der Waals surface area (Å²) in [5.41, 5.74) is 1.94. The van der Waals surface area contributed by atoms with E-state index in [0.29, 0.717) is 27.9 Å². The number of nitrogens with zero attached hydrogens (tertiary/aromatic N) is 3. The number of hydrogen-bond acceptors (Lipinski definition) is 4. The minimum atomic E-state index is 0.331. The molecule has 2 N–H and O–H groups in total. The van der Waals surface area contributed by atoms with E-state index in [-0.39, 0.29) is 0 Å². The van der Waals surface area contributed by atoms with Gasteiger partial charge >= 0.3 is 0 Å². The third-order valence-electron chi connectivity index (χ3n) is 3.13. The second kappa shape index (κ2) is 6.77. The summed E-state index contributed by atoms with van der Waals surface area (Å²) in [7, 11) is 0. The fourth-order valence-corrected chi connectivity index (χ4v) is 2.17. The van der Waals surface area contributed by atoms with Gasteiger partial charge in [-0.25, -0.2) is 4.99 Å². The number of anilines is 2. The minimum absolute atomic E-state index is 0.331. The highest BCUT2D eigenvalue weighted by Crippen LogP contribution is 2.29. The molecule has 2 aromatic carbocycles. The third kappa shape index (κ3) is 3.39. The molecule has 0 amide bonds. The summed E-state index contributed by atoms with van der Waals surface area (Å²) >= 11 is 6.10. The van der Waals surface area contributed by atoms with Gasteiger partial charge in [-0.05, 0) is 17.7 Å². The van der Waals surface area contributed by atoms with Crippen molar-refractivity contribution in [3.8, 4) is 6.07 Å². The van der Waals surface area contributed by atoms with Crippen LogP contribution in [0.1, 0.15) is 11.1 Å². The second-order valence-corrected chi connectivity index (χ2v) is 5.09. The number of benzene rings is 2. The number of rotatable bonds is 4. The van der Waals surface area contributed by atoms with Gasteiger partial charge in [-0.2, -0.15) is 10.4 Å². The van der Waals surface area contributed by atoms with Gasteiger partial charge in [-0.1, -0.05) is 54.1 Å². The molecule has 0 aliphatic carbocycles. The molecule has 0 radical (unpaired) electrons. The Labute approximate surface area is 138 Å². The largest absolute Gasteiger partial charge is 0.336 e. The van der Waals surface area contributed by atoms with Gasteiger partial charge in [0.25, 0.3) is 0 Å². The molecule has 0 fully saturated rings. The Morgan fingerprint density at radius 2 is 1.87 bits per heavy atom. The number of nitriles is 1. The van der Waals surface area contributed by atoms with Gasteiger partial charge < -0.3 is 5.32 Å². The molecule has 1 heterocycles. The van der Waals surface area contributed by atoms with E-state index in [4.69, 9.17) is 11.6 Å². The van der Waals surface area contributed by atoms with Gasteiger partial charge in [0.1, 0.15) is 11.6 Å². The fraction of sp³-hybridized carbons (Fsp3) is 0. The Morgan fingerprint density at radius 1 is 1.13 bits per heavy atom. The molecule has 5 nitrogen and oxygen atoms in total. The molecular weight excluding hydrogens is 310 g/mol. The van der Waals surface area contributed by atoms with Gasteiger partial charge in [0.15, 0.2) is 11.6 Å². The van der Waals surface area contributed by atoms with Crippen molar-refractivity contribution in [3.63, 3.8) is 0 Å². The summed E-state index contributed by atoms with van der Waals surface area (Å²) in [5.74, 6) is 0.784. The first-order chi connectivity index (χ1) is 11.3. The molecule has 0 spiro atoms. The van der Waals surface area contributed by atoms with Crippen LogP contribution in [-0.4, -0.2) is 16.4 Å². The van der Waals surface area contributed by atoms with Crippen molar-refractivity contribution in [1.82, 2.24) is 10.2 Å². The van der Waals surface area contributed by atoms with Crippen LogP contribution in [0.25, 0.3) is 0 Å². The molecule has 112 valence electrons. The van der Waals surface area contributed by atoms with Gasteiger partial charge in [0.2, 0.25) is 0 Å². The van der Waals surface area contributed by atoms with E-state index < -0.39 is 0 Å². The van der Waals surface area contributed by atoms with Crippen LogP contribution < -0.4 is 5.32 Å². The maximum Gasteiger partial charge on any atom is 0.172 e. The lowest BCUT2D eigenvalue weighted by Gasteiger charge is -2.04. The van der Waals surface area contributed by atoms with Crippen LogP contribution in [0.5, 0.6) is 0 Å². The van der Waals surface area contributed by atoms with Crippen molar-refractivity contribution >= 4 is 35.1 Å². The average molecular weight is 322 g/mol. The van der Waals surface area contributed by atoms with Crippen LogP contribution in [0, 0.1) is 11.3 Å². The predicted octanol–water partition coefficient (Wildman–Crippen LogP) is 4.43. The van der Waals surface area contributed by atoms with Gasteiger partial charge in [-0.15, -0.1) is 0 Å². The van der Waals surface area contributed by atoms with Gasteiger partial charge in [-0.3, -0.25) is 5.10 Å². The Hall–Kier alpha value is -3.10. The van der Waals surface area contributed by atoms with Gasteiger partial charge in [0.05, 0.1) is 10.7 Å². The maximum atomic E-state index is 9.38. The Kier molecular flexibility index (Phi) is 4.37. The zero-order valence-corrected chi connectivity index (χ0v) is 12.7. The third-order valence-corrected chi connectivity index (χ3v) is 3.46. The quantitative estimate of drug-likeness (QED) is 0.698. The van der Waals surface area contributed by atoms with E-state index in [1.165, 1.54) is 0 Å². The molecule has 6 heteroatoms. The second-order valence-electron chi connectivity index (χ2n) is 4.68. The summed E-state index contributed by atoms with van der Waals surface area (Å²) < 4.78 is 0. The molecule has 0 bridgehead atoms. The monoisotopic (exact) mass is 321 g/mol. The van der Waals surface area contributed by atoms with Crippen molar-refractivity contribution in [1.29, 1.82) is 5.26 Å². The minimum Gasteiger partial charge on any atom is -0.336 e. The van der Waals surface area contributed by atoms with Crippen molar-refractivity contribution in [2.75, 3.05) is 5.32 Å². The van der Waals surface area contributed by atoms with Crippen LogP contribution in [0.3, 0.4) is 0 Å². The number of aromatic amines is 1. The number of aliphatic imine (C=N–C) groups is 1. The van der Waals surface area contributed by atoms with Crippen LogP contribution in [-0.2, 0) is 0 Å². The first-order valence-corrected chi connectivity index (χ1v) is 7.25. The Morgan fingerprint density at radius 3 is 2.61 bits per heavy atom. The lowest BCUT2D eigenvalue weighted by atomic mass is 10.2. The molecule has 0 saturated carbocycles. The van der Waals surface area contributed by atoms with Crippen molar-refractivity contribution in [3.05, 3.63) is 70.7 Å². The highest BCUT2D eigenvalue weighted by atomic mass is 35.5.